The lowest BCUT2D eigenvalue weighted by atomic mass is 10.0. The number of hydrogen-bond acceptors (Lipinski definition) is 4. The summed E-state index contributed by atoms with van der Waals surface area (Å²) in [4.78, 5) is 14.4. The normalized spacial score (nSPS) is 18.3. The second-order valence-corrected chi connectivity index (χ2v) is 6.19. The van der Waals surface area contributed by atoms with Gasteiger partial charge in [-0.2, -0.15) is 0 Å². The van der Waals surface area contributed by atoms with E-state index in [-0.39, 0.29) is 12.0 Å². The zero-order valence-corrected chi connectivity index (χ0v) is 14.1. The fourth-order valence-electron chi connectivity index (χ4n) is 2.93. The van der Waals surface area contributed by atoms with Crippen LogP contribution in [0.4, 0.5) is 0 Å². The molecule has 1 saturated heterocycles. The molecule has 124 valence electrons. The molecule has 2 heterocycles. The van der Waals surface area contributed by atoms with Crippen molar-refractivity contribution in [1.29, 1.82) is 0 Å². The van der Waals surface area contributed by atoms with Gasteiger partial charge in [0.25, 0.3) is 5.91 Å². The first-order valence-corrected chi connectivity index (χ1v) is 7.93. The smallest absolute Gasteiger partial charge is 0.289 e. The van der Waals surface area contributed by atoms with Gasteiger partial charge in [0.2, 0.25) is 0 Å². The molecule has 1 aromatic heterocycles. The Morgan fingerprint density at radius 1 is 1.22 bits per heavy atom. The highest BCUT2D eigenvalue weighted by atomic mass is 16.6. The highest BCUT2D eigenvalue weighted by Crippen LogP contribution is 2.30. The van der Waals surface area contributed by atoms with E-state index in [1.54, 1.807) is 11.9 Å². The van der Waals surface area contributed by atoms with E-state index in [0.29, 0.717) is 32.1 Å². The molecule has 1 atom stereocenters. The largest absolute Gasteiger partial charge is 0.450 e. The molecule has 1 fully saturated rings. The Balaban J connectivity index is 1.85. The van der Waals surface area contributed by atoms with Crippen molar-refractivity contribution in [2.75, 3.05) is 33.4 Å². The quantitative estimate of drug-likeness (QED) is 0.873. The number of carbonyl (C=O) groups is 1. The Labute approximate surface area is 136 Å². The molecule has 1 unspecified atom stereocenters. The molecular formula is C18H23NO4. The molecule has 5 nitrogen and oxygen atoms in total. The van der Waals surface area contributed by atoms with Crippen LogP contribution in [0.2, 0.25) is 0 Å². The summed E-state index contributed by atoms with van der Waals surface area (Å²) >= 11 is 0. The van der Waals surface area contributed by atoms with Gasteiger partial charge >= 0.3 is 0 Å². The van der Waals surface area contributed by atoms with Gasteiger partial charge in [-0.3, -0.25) is 4.79 Å². The Morgan fingerprint density at radius 3 is 2.70 bits per heavy atom. The van der Waals surface area contributed by atoms with E-state index in [2.05, 4.69) is 6.07 Å². The van der Waals surface area contributed by atoms with Crippen LogP contribution in [-0.2, 0) is 9.47 Å². The minimum Gasteiger partial charge on any atom is -0.450 e. The summed E-state index contributed by atoms with van der Waals surface area (Å²) in [6.45, 7) is 8.21. The highest BCUT2D eigenvalue weighted by molar-refractivity contribution is 5.99. The summed E-state index contributed by atoms with van der Waals surface area (Å²) in [5, 5.41) is 1.00. The third-order valence-electron chi connectivity index (χ3n) is 4.53. The van der Waals surface area contributed by atoms with E-state index in [1.807, 2.05) is 26.8 Å². The molecule has 5 heteroatoms. The van der Waals surface area contributed by atoms with Crippen molar-refractivity contribution in [2.45, 2.75) is 26.9 Å². The van der Waals surface area contributed by atoms with Crippen molar-refractivity contribution in [1.82, 2.24) is 4.90 Å². The molecule has 1 aliphatic rings. The number of hydrogen-bond donors (Lipinski definition) is 0. The maximum absolute atomic E-state index is 12.7. The Morgan fingerprint density at radius 2 is 2.00 bits per heavy atom. The molecule has 0 radical (unpaired) electrons. The standard InChI is InChI=1S/C18H23NO4/c1-11-5-6-15-13(3)17(23-16(15)12(11)2)18(20)19(4)9-14-10-21-7-8-22-14/h5-6,14H,7-10H2,1-4H3. The SMILES string of the molecule is Cc1ccc2c(C)c(C(=O)N(C)CC3COCCO3)oc2c1C. The number of nitrogens with zero attached hydrogens (tertiary/aromatic N) is 1. The van der Waals surface area contributed by atoms with Gasteiger partial charge in [-0.25, -0.2) is 0 Å². The van der Waals surface area contributed by atoms with Gasteiger partial charge in [-0.1, -0.05) is 12.1 Å². The number of likely N-dealkylation sites (N-methyl/N-ethyl adjacent to an activating group) is 1. The van der Waals surface area contributed by atoms with Crippen LogP contribution < -0.4 is 0 Å². The van der Waals surface area contributed by atoms with Gasteiger partial charge < -0.3 is 18.8 Å². The lowest BCUT2D eigenvalue weighted by Crippen LogP contribution is -2.40. The van der Waals surface area contributed by atoms with Crippen LogP contribution in [0.25, 0.3) is 11.0 Å². The zero-order valence-electron chi connectivity index (χ0n) is 14.1. The maximum Gasteiger partial charge on any atom is 0.289 e. The molecule has 0 saturated carbocycles. The van der Waals surface area contributed by atoms with Gasteiger partial charge in [0.05, 0.1) is 25.9 Å². The van der Waals surface area contributed by atoms with E-state index in [4.69, 9.17) is 13.9 Å². The van der Waals surface area contributed by atoms with Crippen LogP contribution in [0.15, 0.2) is 16.5 Å². The second kappa shape index (κ2) is 6.34. The topological polar surface area (TPSA) is 51.9 Å². The Hall–Kier alpha value is -1.85. The Kier molecular flexibility index (Phi) is 4.41. The number of amides is 1. The third-order valence-corrected chi connectivity index (χ3v) is 4.53. The van der Waals surface area contributed by atoms with E-state index in [0.717, 1.165) is 27.7 Å². The predicted octanol–water partition coefficient (Wildman–Crippen LogP) is 2.85. The summed E-state index contributed by atoms with van der Waals surface area (Å²) in [6.07, 6.45) is -0.0774. The summed E-state index contributed by atoms with van der Waals surface area (Å²) in [5.74, 6) is 0.290. The highest BCUT2D eigenvalue weighted by Gasteiger charge is 2.25. The molecule has 23 heavy (non-hydrogen) atoms. The van der Waals surface area contributed by atoms with Gasteiger partial charge in [-0.05, 0) is 31.9 Å². The first kappa shape index (κ1) is 16.0. The molecule has 0 aliphatic carbocycles. The first-order valence-electron chi connectivity index (χ1n) is 7.93. The number of rotatable bonds is 3. The number of aryl methyl sites for hydroxylation is 3. The lowest BCUT2D eigenvalue weighted by Gasteiger charge is -2.27. The number of carbonyl (C=O) groups excluding carboxylic acids is 1. The molecule has 1 aromatic carbocycles. The maximum atomic E-state index is 12.7. The molecule has 1 amide bonds. The molecular weight excluding hydrogens is 294 g/mol. The average molecular weight is 317 g/mol. The van der Waals surface area contributed by atoms with E-state index in [1.165, 1.54) is 0 Å². The summed E-state index contributed by atoms with van der Waals surface area (Å²) < 4.78 is 16.9. The van der Waals surface area contributed by atoms with Crippen LogP contribution >= 0.6 is 0 Å². The third kappa shape index (κ3) is 2.99. The van der Waals surface area contributed by atoms with Crippen molar-refractivity contribution in [2.24, 2.45) is 0 Å². The van der Waals surface area contributed by atoms with Crippen LogP contribution in [0.1, 0.15) is 27.2 Å². The van der Waals surface area contributed by atoms with Crippen molar-refractivity contribution < 1.29 is 18.7 Å². The first-order chi connectivity index (χ1) is 11.0. The minimum absolute atomic E-state index is 0.0774. The molecule has 0 bridgehead atoms. The lowest BCUT2D eigenvalue weighted by molar-refractivity contribution is -0.0934. The van der Waals surface area contributed by atoms with E-state index >= 15 is 0 Å². The predicted molar refractivity (Wildman–Crippen MR) is 87.9 cm³/mol. The molecule has 0 spiro atoms. The van der Waals surface area contributed by atoms with E-state index < -0.39 is 0 Å². The number of ether oxygens (including phenoxy) is 2. The van der Waals surface area contributed by atoms with Gasteiger partial charge in [0.15, 0.2) is 5.76 Å². The fourth-order valence-corrected chi connectivity index (χ4v) is 2.93. The van der Waals surface area contributed by atoms with Gasteiger partial charge in [-0.15, -0.1) is 0 Å². The number of furan rings is 1. The van der Waals surface area contributed by atoms with Crippen LogP contribution in [0.3, 0.4) is 0 Å². The number of fused-ring (bicyclic) bond motifs is 1. The van der Waals surface area contributed by atoms with Gasteiger partial charge in [0.1, 0.15) is 5.58 Å². The van der Waals surface area contributed by atoms with Crippen molar-refractivity contribution in [3.8, 4) is 0 Å². The monoisotopic (exact) mass is 317 g/mol. The molecule has 3 rings (SSSR count). The molecule has 0 N–H and O–H groups in total. The number of benzene rings is 1. The van der Waals surface area contributed by atoms with Gasteiger partial charge in [0, 0.05) is 24.5 Å². The van der Waals surface area contributed by atoms with Crippen molar-refractivity contribution in [3.05, 3.63) is 34.6 Å². The minimum atomic E-state index is -0.120. The fraction of sp³-hybridized carbons (Fsp3) is 0.500. The van der Waals surface area contributed by atoms with Crippen molar-refractivity contribution in [3.63, 3.8) is 0 Å². The zero-order chi connectivity index (χ0) is 16.6. The summed E-state index contributed by atoms with van der Waals surface area (Å²) in [7, 11) is 1.77. The average Bonchev–Trinajstić information content (AvgIpc) is 2.89. The van der Waals surface area contributed by atoms with Crippen molar-refractivity contribution >= 4 is 16.9 Å². The van der Waals surface area contributed by atoms with Crippen LogP contribution in [-0.4, -0.2) is 50.3 Å². The summed E-state index contributed by atoms with van der Waals surface area (Å²) in [5.41, 5.74) is 3.93. The van der Waals surface area contributed by atoms with Crippen LogP contribution in [0.5, 0.6) is 0 Å². The van der Waals surface area contributed by atoms with Crippen LogP contribution in [0, 0.1) is 20.8 Å². The van der Waals surface area contributed by atoms with E-state index in [9.17, 15) is 4.79 Å². The Bertz CT molecular complexity index is 728. The second-order valence-electron chi connectivity index (χ2n) is 6.19. The molecule has 1 aliphatic heterocycles. The molecule has 2 aromatic rings. The summed E-state index contributed by atoms with van der Waals surface area (Å²) in [6, 6.07) is 4.08.